The summed E-state index contributed by atoms with van der Waals surface area (Å²) in [5.74, 6) is 0.268. The van der Waals surface area contributed by atoms with Crippen molar-refractivity contribution in [1.29, 1.82) is 0 Å². The van der Waals surface area contributed by atoms with Crippen LogP contribution in [0.15, 0.2) is 60.7 Å². The molecule has 148 valence electrons. The number of nitrogens with one attached hydrogen (secondary N) is 2. The number of esters is 1. The molecule has 0 saturated carbocycles. The first kappa shape index (κ1) is 19.8. The van der Waals surface area contributed by atoms with Crippen LogP contribution in [0.5, 0.6) is 5.75 Å². The second-order valence-electron chi connectivity index (χ2n) is 5.88. The van der Waals surface area contributed by atoms with Gasteiger partial charge in [-0.2, -0.15) is 0 Å². The van der Waals surface area contributed by atoms with Crippen LogP contribution in [0.1, 0.15) is 27.8 Å². The number of ether oxygens (including phenoxy) is 2. The van der Waals surface area contributed by atoms with Crippen LogP contribution in [-0.4, -0.2) is 35.8 Å². The summed E-state index contributed by atoms with van der Waals surface area (Å²) in [6.07, 6.45) is 0. The standard InChI is InChI=1S/C21H20N4O4/c1-3-29-21(27)16-6-4-5-7-17(16)23-19-13-12-18(24-25-19)20(26)22-14-8-10-15(28-2)11-9-14/h4-13H,3H2,1-2H3,(H,22,26)(H,23,25). The zero-order valence-electron chi connectivity index (χ0n) is 16.0. The van der Waals surface area contributed by atoms with E-state index in [0.717, 1.165) is 0 Å². The summed E-state index contributed by atoms with van der Waals surface area (Å²) in [6, 6.07) is 17.0. The van der Waals surface area contributed by atoms with Crippen LogP contribution in [0.4, 0.5) is 17.2 Å². The SMILES string of the molecule is CCOC(=O)c1ccccc1Nc1ccc(C(=O)Nc2ccc(OC)cc2)nn1. The van der Waals surface area contributed by atoms with Crippen LogP contribution in [0.25, 0.3) is 0 Å². The van der Waals surface area contributed by atoms with Crippen LogP contribution in [0, 0.1) is 0 Å². The van der Waals surface area contributed by atoms with Gasteiger partial charge in [0.05, 0.1) is 25.0 Å². The van der Waals surface area contributed by atoms with Crippen LogP contribution in [0.2, 0.25) is 0 Å². The summed E-state index contributed by atoms with van der Waals surface area (Å²) < 4.78 is 10.1. The molecule has 1 amide bonds. The first-order chi connectivity index (χ1) is 14.1. The Kier molecular flexibility index (Phi) is 6.36. The Morgan fingerprint density at radius 2 is 1.72 bits per heavy atom. The highest BCUT2D eigenvalue weighted by Crippen LogP contribution is 2.20. The lowest BCUT2D eigenvalue weighted by atomic mass is 10.2. The monoisotopic (exact) mass is 392 g/mol. The number of methoxy groups -OCH3 is 1. The van der Waals surface area contributed by atoms with Gasteiger partial charge in [-0.1, -0.05) is 12.1 Å². The molecular weight excluding hydrogens is 372 g/mol. The van der Waals surface area contributed by atoms with Crippen LogP contribution < -0.4 is 15.4 Å². The van der Waals surface area contributed by atoms with Gasteiger partial charge in [0, 0.05) is 5.69 Å². The molecule has 0 fully saturated rings. The van der Waals surface area contributed by atoms with Crippen molar-refractivity contribution in [1.82, 2.24) is 10.2 Å². The van der Waals surface area contributed by atoms with Crippen molar-refractivity contribution in [3.8, 4) is 5.75 Å². The Morgan fingerprint density at radius 3 is 2.38 bits per heavy atom. The predicted octanol–water partition coefficient (Wildman–Crippen LogP) is 3.66. The molecule has 29 heavy (non-hydrogen) atoms. The Labute approximate surface area is 167 Å². The maximum atomic E-state index is 12.3. The molecular formula is C21H20N4O4. The predicted molar refractivity (Wildman–Crippen MR) is 109 cm³/mol. The molecule has 0 bridgehead atoms. The van der Waals surface area contributed by atoms with Crippen molar-refractivity contribution in [3.63, 3.8) is 0 Å². The molecule has 0 atom stereocenters. The normalized spacial score (nSPS) is 10.1. The zero-order chi connectivity index (χ0) is 20.6. The lowest BCUT2D eigenvalue weighted by molar-refractivity contribution is 0.0527. The molecule has 0 aliphatic carbocycles. The van der Waals surface area contributed by atoms with Gasteiger partial charge in [0.1, 0.15) is 5.75 Å². The van der Waals surface area contributed by atoms with Crippen molar-refractivity contribution in [3.05, 3.63) is 71.9 Å². The van der Waals surface area contributed by atoms with E-state index in [2.05, 4.69) is 20.8 Å². The van der Waals surface area contributed by atoms with Crippen molar-refractivity contribution >= 4 is 29.1 Å². The molecule has 0 aliphatic rings. The van der Waals surface area contributed by atoms with Gasteiger partial charge in [-0.3, -0.25) is 4.79 Å². The maximum Gasteiger partial charge on any atom is 0.340 e. The van der Waals surface area contributed by atoms with E-state index in [4.69, 9.17) is 9.47 Å². The van der Waals surface area contributed by atoms with E-state index in [1.807, 2.05) is 0 Å². The van der Waals surface area contributed by atoms with Crippen LogP contribution in [-0.2, 0) is 4.74 Å². The number of nitrogens with zero attached hydrogens (tertiary/aromatic N) is 2. The number of para-hydroxylation sites is 1. The van der Waals surface area contributed by atoms with Crippen LogP contribution in [0.3, 0.4) is 0 Å². The Morgan fingerprint density at radius 1 is 0.966 bits per heavy atom. The molecule has 1 heterocycles. The van der Waals surface area contributed by atoms with Crippen molar-refractivity contribution < 1.29 is 19.1 Å². The molecule has 0 radical (unpaired) electrons. The van der Waals surface area contributed by atoms with Gasteiger partial charge in [-0.05, 0) is 55.5 Å². The number of anilines is 3. The fraction of sp³-hybridized carbons (Fsp3) is 0.143. The van der Waals surface area contributed by atoms with E-state index in [1.165, 1.54) is 0 Å². The molecule has 8 nitrogen and oxygen atoms in total. The Balaban J connectivity index is 1.69. The molecule has 3 rings (SSSR count). The van der Waals surface area contributed by atoms with Gasteiger partial charge in [-0.15, -0.1) is 10.2 Å². The minimum absolute atomic E-state index is 0.157. The smallest absolute Gasteiger partial charge is 0.340 e. The van der Waals surface area contributed by atoms with Crippen molar-refractivity contribution in [2.45, 2.75) is 6.92 Å². The van der Waals surface area contributed by atoms with Crippen LogP contribution >= 0.6 is 0 Å². The molecule has 0 unspecified atom stereocenters. The van der Waals surface area contributed by atoms with E-state index < -0.39 is 5.97 Å². The number of benzene rings is 2. The Bertz CT molecular complexity index is 988. The largest absolute Gasteiger partial charge is 0.497 e. The molecule has 8 heteroatoms. The summed E-state index contributed by atoms with van der Waals surface area (Å²) in [4.78, 5) is 24.4. The van der Waals surface area contributed by atoms with Crippen molar-refractivity contribution in [2.75, 3.05) is 24.4 Å². The number of amides is 1. The number of hydrogen-bond donors (Lipinski definition) is 2. The minimum atomic E-state index is -0.431. The first-order valence-electron chi connectivity index (χ1n) is 8.93. The number of carbonyl (C=O) groups excluding carboxylic acids is 2. The molecule has 3 aromatic rings. The second-order valence-corrected chi connectivity index (χ2v) is 5.88. The fourth-order valence-electron chi connectivity index (χ4n) is 2.51. The summed E-state index contributed by atoms with van der Waals surface area (Å²) >= 11 is 0. The van der Waals surface area contributed by atoms with Gasteiger partial charge in [0.15, 0.2) is 11.5 Å². The third-order valence-corrected chi connectivity index (χ3v) is 3.93. The van der Waals surface area contributed by atoms with Gasteiger partial charge in [0.25, 0.3) is 5.91 Å². The molecule has 0 aliphatic heterocycles. The average molecular weight is 392 g/mol. The topological polar surface area (TPSA) is 102 Å². The number of hydrogen-bond acceptors (Lipinski definition) is 7. The molecule has 2 N–H and O–H groups in total. The molecule has 0 saturated heterocycles. The molecule has 0 spiro atoms. The van der Waals surface area contributed by atoms with E-state index >= 15 is 0 Å². The van der Waals surface area contributed by atoms with Gasteiger partial charge in [0.2, 0.25) is 0 Å². The number of aromatic nitrogens is 2. The average Bonchev–Trinajstić information content (AvgIpc) is 2.75. The lowest BCUT2D eigenvalue weighted by Crippen LogP contribution is -2.14. The highest BCUT2D eigenvalue weighted by atomic mass is 16.5. The second kappa shape index (κ2) is 9.32. The van der Waals surface area contributed by atoms with Gasteiger partial charge in [-0.25, -0.2) is 4.79 Å². The fourth-order valence-corrected chi connectivity index (χ4v) is 2.51. The minimum Gasteiger partial charge on any atom is -0.497 e. The summed E-state index contributed by atoms with van der Waals surface area (Å²) in [5, 5.41) is 13.7. The zero-order valence-corrected chi connectivity index (χ0v) is 16.0. The van der Waals surface area contributed by atoms with E-state index in [0.29, 0.717) is 28.5 Å². The first-order valence-corrected chi connectivity index (χ1v) is 8.93. The summed E-state index contributed by atoms with van der Waals surface area (Å²) in [5.41, 5.74) is 1.70. The molecule has 1 aromatic heterocycles. The van der Waals surface area contributed by atoms with E-state index in [9.17, 15) is 9.59 Å². The number of carbonyl (C=O) groups is 2. The highest BCUT2D eigenvalue weighted by molar-refractivity contribution is 6.02. The third kappa shape index (κ3) is 5.07. The van der Waals surface area contributed by atoms with Crippen molar-refractivity contribution in [2.24, 2.45) is 0 Å². The third-order valence-electron chi connectivity index (χ3n) is 3.93. The molecule has 2 aromatic carbocycles. The number of rotatable bonds is 7. The lowest BCUT2D eigenvalue weighted by Gasteiger charge is -2.10. The Hall–Kier alpha value is -3.94. The highest BCUT2D eigenvalue weighted by Gasteiger charge is 2.13. The van der Waals surface area contributed by atoms with Gasteiger partial charge >= 0.3 is 5.97 Å². The quantitative estimate of drug-likeness (QED) is 0.592. The summed E-state index contributed by atoms with van der Waals surface area (Å²) in [6.45, 7) is 2.03. The van der Waals surface area contributed by atoms with E-state index in [-0.39, 0.29) is 18.2 Å². The van der Waals surface area contributed by atoms with Gasteiger partial charge < -0.3 is 20.1 Å². The summed E-state index contributed by atoms with van der Waals surface area (Å²) in [7, 11) is 1.57. The maximum absolute atomic E-state index is 12.3. The van der Waals surface area contributed by atoms with E-state index in [1.54, 1.807) is 74.7 Å².